The lowest BCUT2D eigenvalue weighted by atomic mass is 10.3. The van der Waals surface area contributed by atoms with Crippen molar-refractivity contribution >= 4 is 40.0 Å². The van der Waals surface area contributed by atoms with Crippen molar-refractivity contribution in [2.45, 2.75) is 6.92 Å². The Hall–Kier alpha value is -3.72. The average molecular weight is 398 g/mol. The summed E-state index contributed by atoms with van der Waals surface area (Å²) in [6, 6.07) is 12.3. The maximum atomic E-state index is 11.5. The largest absolute Gasteiger partial charge is 0.437 e. The van der Waals surface area contributed by atoms with Gasteiger partial charge in [-0.25, -0.2) is 4.99 Å². The van der Waals surface area contributed by atoms with Crippen molar-refractivity contribution in [1.82, 2.24) is 9.36 Å². The lowest BCUT2D eigenvalue weighted by Gasteiger charge is -2.09. The predicted molar refractivity (Wildman–Crippen MR) is 116 cm³/mol. The number of aliphatic imine (C=N–C) groups is 2. The molecule has 9 heteroatoms. The smallest absolute Gasteiger partial charge is 0.247 e. The van der Waals surface area contributed by atoms with Crippen molar-refractivity contribution in [2.75, 3.05) is 5.32 Å². The number of hydrogen-bond donors (Lipinski definition) is 3. The molecule has 4 N–H and O–H groups in total. The van der Waals surface area contributed by atoms with Crippen LogP contribution in [-0.2, 0) is 4.79 Å². The molecule has 0 spiro atoms. The van der Waals surface area contributed by atoms with Gasteiger partial charge >= 0.3 is 0 Å². The summed E-state index contributed by atoms with van der Waals surface area (Å²) in [4.78, 5) is 23.0. The Morgan fingerprint density at radius 2 is 2.25 bits per heavy atom. The molecule has 0 aliphatic carbocycles. The van der Waals surface area contributed by atoms with Gasteiger partial charge < -0.3 is 20.8 Å². The number of aromatic amines is 1. The lowest BCUT2D eigenvalue weighted by Crippen LogP contribution is -2.18. The molecular weight excluding hydrogens is 376 g/mol. The summed E-state index contributed by atoms with van der Waals surface area (Å²) in [7, 11) is 0. The molecule has 0 aliphatic heterocycles. The number of nitrogens with two attached hydrogens (primary N) is 1. The van der Waals surface area contributed by atoms with Crippen molar-refractivity contribution in [3.63, 3.8) is 0 Å². The van der Waals surface area contributed by atoms with Crippen LogP contribution in [0.25, 0.3) is 0 Å². The molecular formula is C19H22N6O2S. The fourth-order valence-corrected chi connectivity index (χ4v) is 2.84. The molecule has 1 aromatic carbocycles. The van der Waals surface area contributed by atoms with Crippen LogP contribution < -0.4 is 15.8 Å². The number of nitrogens with zero attached hydrogens (tertiary/aromatic N) is 3. The predicted octanol–water partition coefficient (Wildman–Crippen LogP) is 3.87. The number of aromatic nitrogens is 2. The number of hydrogen-bond acceptors (Lipinski definition) is 5. The van der Waals surface area contributed by atoms with Crippen LogP contribution in [0.5, 0.6) is 5.75 Å². The second kappa shape index (κ2) is 8.78. The Labute approximate surface area is 168 Å². The number of rotatable bonds is 5. The van der Waals surface area contributed by atoms with Crippen LogP contribution in [0.3, 0.4) is 0 Å². The molecule has 0 aliphatic rings. The third-order valence-corrected chi connectivity index (χ3v) is 4.16. The van der Waals surface area contributed by atoms with E-state index in [1.54, 1.807) is 36.5 Å². The number of carbonyl (C=O) groups excluding carboxylic acids is 1. The molecule has 0 atom stereocenters. The van der Waals surface area contributed by atoms with Gasteiger partial charge in [0.15, 0.2) is 0 Å². The Balaban J connectivity index is 0.00000225. The van der Waals surface area contributed by atoms with Gasteiger partial charge in [0.25, 0.3) is 0 Å². The Bertz CT molecular complexity index is 1050. The third kappa shape index (κ3) is 5.15. The quantitative estimate of drug-likeness (QED) is 0.343. The summed E-state index contributed by atoms with van der Waals surface area (Å²) in [5.74, 6) is 0.423. The van der Waals surface area contributed by atoms with Crippen LogP contribution in [0.15, 0.2) is 71.3 Å². The number of anilines is 1. The first-order valence-electron chi connectivity index (χ1n) is 8.25. The van der Waals surface area contributed by atoms with Gasteiger partial charge in [0.2, 0.25) is 17.8 Å². The SMILES string of the molecule is C=CC(=O)Nc1cccc(O/C(=N/C(N)=N\c2cc(C)ns2)c2ccc[nH]2)c1.[HH].[HH]. The summed E-state index contributed by atoms with van der Waals surface area (Å²) in [6.45, 7) is 5.31. The second-order valence-electron chi connectivity index (χ2n) is 5.60. The summed E-state index contributed by atoms with van der Waals surface area (Å²) in [5, 5.41) is 3.33. The van der Waals surface area contributed by atoms with Crippen LogP contribution in [0.4, 0.5) is 10.7 Å². The fourth-order valence-electron chi connectivity index (χ4n) is 2.19. The van der Waals surface area contributed by atoms with E-state index in [9.17, 15) is 4.79 Å². The number of amides is 1. The lowest BCUT2D eigenvalue weighted by molar-refractivity contribution is -0.111. The molecule has 2 heterocycles. The Kier molecular flexibility index (Phi) is 5.97. The highest BCUT2D eigenvalue weighted by molar-refractivity contribution is 7.09. The molecule has 0 bridgehead atoms. The van der Waals surface area contributed by atoms with E-state index in [1.807, 2.05) is 19.1 Å². The Morgan fingerprint density at radius 1 is 1.39 bits per heavy atom. The molecule has 3 aromatic rings. The normalized spacial score (nSPS) is 11.9. The molecule has 2 aromatic heterocycles. The van der Waals surface area contributed by atoms with Crippen LogP contribution in [0.1, 0.15) is 14.2 Å². The first-order chi connectivity index (χ1) is 13.5. The molecule has 0 saturated carbocycles. The minimum absolute atomic E-state index is 0. The van der Waals surface area contributed by atoms with Crippen molar-refractivity contribution in [3.05, 3.63) is 72.7 Å². The molecule has 0 radical (unpaired) electrons. The number of nitrogens with one attached hydrogen (secondary N) is 2. The highest BCUT2D eigenvalue weighted by atomic mass is 32.1. The van der Waals surface area contributed by atoms with Gasteiger partial charge in [-0.2, -0.15) is 9.37 Å². The van der Waals surface area contributed by atoms with Crippen LogP contribution >= 0.6 is 11.5 Å². The molecule has 8 nitrogen and oxygen atoms in total. The van der Waals surface area contributed by atoms with Crippen molar-refractivity contribution in [1.29, 1.82) is 0 Å². The summed E-state index contributed by atoms with van der Waals surface area (Å²) < 4.78 is 10.1. The molecule has 0 fully saturated rings. The first kappa shape index (κ1) is 19.1. The zero-order chi connectivity index (χ0) is 19.9. The van der Waals surface area contributed by atoms with Gasteiger partial charge in [-0.1, -0.05) is 12.6 Å². The minimum Gasteiger partial charge on any atom is -0.437 e. The van der Waals surface area contributed by atoms with E-state index in [0.717, 1.165) is 5.69 Å². The maximum Gasteiger partial charge on any atom is 0.247 e. The van der Waals surface area contributed by atoms with Gasteiger partial charge in [0.05, 0.1) is 5.69 Å². The van der Waals surface area contributed by atoms with E-state index in [2.05, 4.69) is 31.2 Å². The number of benzene rings is 1. The third-order valence-electron chi connectivity index (χ3n) is 3.39. The summed E-state index contributed by atoms with van der Waals surface area (Å²) >= 11 is 1.23. The molecule has 3 rings (SSSR count). The number of aryl methyl sites for hydroxylation is 1. The number of H-pyrrole nitrogens is 1. The highest BCUT2D eigenvalue weighted by Crippen LogP contribution is 2.20. The van der Waals surface area contributed by atoms with Gasteiger partial charge in [-0.15, -0.1) is 0 Å². The summed E-state index contributed by atoms with van der Waals surface area (Å²) in [6.07, 6.45) is 2.94. The molecule has 28 heavy (non-hydrogen) atoms. The highest BCUT2D eigenvalue weighted by Gasteiger charge is 2.10. The van der Waals surface area contributed by atoms with Crippen LogP contribution in [0, 0.1) is 6.92 Å². The Morgan fingerprint density at radius 3 is 2.93 bits per heavy atom. The van der Waals surface area contributed by atoms with Crippen LogP contribution in [0.2, 0.25) is 0 Å². The average Bonchev–Trinajstić information content (AvgIpc) is 3.33. The topological polar surface area (TPSA) is 118 Å². The van der Waals surface area contributed by atoms with E-state index in [4.69, 9.17) is 10.5 Å². The fraction of sp³-hybridized carbons (Fsp3) is 0.0526. The second-order valence-corrected chi connectivity index (χ2v) is 6.38. The van der Waals surface area contributed by atoms with E-state index in [1.165, 1.54) is 17.6 Å². The zero-order valence-corrected chi connectivity index (χ0v) is 15.9. The van der Waals surface area contributed by atoms with E-state index < -0.39 is 0 Å². The molecule has 0 saturated heterocycles. The van der Waals surface area contributed by atoms with E-state index in [-0.39, 0.29) is 20.6 Å². The molecule has 146 valence electrons. The number of ether oxygens (including phenoxy) is 1. The van der Waals surface area contributed by atoms with Crippen molar-refractivity contribution in [2.24, 2.45) is 15.7 Å². The van der Waals surface area contributed by atoms with Gasteiger partial charge in [0.1, 0.15) is 16.4 Å². The zero-order valence-electron chi connectivity index (χ0n) is 15.0. The van der Waals surface area contributed by atoms with Gasteiger partial charge in [-0.05, 0) is 54.9 Å². The van der Waals surface area contributed by atoms with Crippen LogP contribution in [-0.4, -0.2) is 27.1 Å². The standard InChI is InChI=1S/C19H18N6O2S.2H2/c1-3-16(26)22-13-6-4-7-14(11-13)27-18(15-8-5-9-21-15)24-19(20)23-17-10-12(2)25-28-17;;/h3-11,21H,1H2,2H3,(H2,20,23)(H,22,26);2*1H/b24-18+;;. The number of carbonyl (C=O) groups is 1. The molecule has 1 amide bonds. The first-order valence-corrected chi connectivity index (χ1v) is 9.02. The van der Waals surface area contributed by atoms with Gasteiger partial charge in [-0.3, -0.25) is 4.79 Å². The molecule has 0 unspecified atom stereocenters. The van der Waals surface area contributed by atoms with Crippen molar-refractivity contribution in [3.8, 4) is 5.75 Å². The maximum absolute atomic E-state index is 11.5. The minimum atomic E-state index is -0.313. The van der Waals surface area contributed by atoms with Crippen molar-refractivity contribution < 1.29 is 12.4 Å². The monoisotopic (exact) mass is 398 g/mol. The van der Waals surface area contributed by atoms with E-state index >= 15 is 0 Å². The van der Waals surface area contributed by atoms with E-state index in [0.29, 0.717) is 22.1 Å². The van der Waals surface area contributed by atoms with Gasteiger partial charge in [0, 0.05) is 20.8 Å². The summed E-state index contributed by atoms with van der Waals surface area (Å²) in [5.41, 5.74) is 8.02. The number of guanidine groups is 1.